The maximum absolute atomic E-state index is 10.0. The molecule has 0 bridgehead atoms. The van der Waals surface area contributed by atoms with Crippen molar-refractivity contribution in [3.05, 3.63) is 102 Å². The summed E-state index contributed by atoms with van der Waals surface area (Å²) in [7, 11) is 0. The molecular formula is C26H29NO2. The number of hydrogen-bond donors (Lipinski definition) is 1. The fourth-order valence-corrected chi connectivity index (χ4v) is 4.13. The molecule has 0 spiro atoms. The van der Waals surface area contributed by atoms with Crippen LogP contribution in [0.25, 0.3) is 0 Å². The highest BCUT2D eigenvalue weighted by atomic mass is 16.5. The van der Waals surface area contributed by atoms with Gasteiger partial charge in [0.25, 0.3) is 0 Å². The Morgan fingerprint density at radius 3 is 2.14 bits per heavy atom. The van der Waals surface area contributed by atoms with Gasteiger partial charge in [-0.3, -0.25) is 0 Å². The van der Waals surface area contributed by atoms with Crippen molar-refractivity contribution < 1.29 is 9.84 Å². The van der Waals surface area contributed by atoms with Crippen molar-refractivity contribution in [2.45, 2.75) is 31.5 Å². The number of para-hydroxylation sites is 1. The normalized spacial score (nSPS) is 17.5. The summed E-state index contributed by atoms with van der Waals surface area (Å²) in [4.78, 5) is 2.47. The smallest absolute Gasteiger partial charge is 0.118 e. The van der Waals surface area contributed by atoms with E-state index in [2.05, 4.69) is 53.4 Å². The number of likely N-dealkylation sites (tertiary alicyclic amines) is 1. The van der Waals surface area contributed by atoms with E-state index in [1.807, 2.05) is 30.3 Å². The van der Waals surface area contributed by atoms with Gasteiger partial charge in [-0.15, -0.1) is 0 Å². The van der Waals surface area contributed by atoms with Gasteiger partial charge in [0.05, 0.1) is 6.10 Å². The highest BCUT2D eigenvalue weighted by molar-refractivity contribution is 5.32. The van der Waals surface area contributed by atoms with Gasteiger partial charge in [0, 0.05) is 13.1 Å². The first-order valence-electron chi connectivity index (χ1n) is 10.5. The van der Waals surface area contributed by atoms with Gasteiger partial charge in [0.1, 0.15) is 11.9 Å². The van der Waals surface area contributed by atoms with Crippen molar-refractivity contribution >= 4 is 0 Å². The lowest BCUT2D eigenvalue weighted by atomic mass is 10.00. The molecule has 1 aliphatic rings. The molecule has 0 amide bonds. The number of aromatic hydroxyl groups is 1. The Morgan fingerprint density at radius 2 is 1.48 bits per heavy atom. The van der Waals surface area contributed by atoms with Crippen LogP contribution >= 0.6 is 0 Å². The Bertz CT molecular complexity index is 842. The molecule has 1 aliphatic heterocycles. The van der Waals surface area contributed by atoms with Crippen LogP contribution in [-0.4, -0.2) is 35.7 Å². The molecule has 3 heteroatoms. The monoisotopic (exact) mass is 387 g/mol. The minimum absolute atomic E-state index is 0.0412. The van der Waals surface area contributed by atoms with Crippen molar-refractivity contribution in [1.29, 1.82) is 0 Å². The average molecular weight is 388 g/mol. The third-order valence-corrected chi connectivity index (χ3v) is 5.68. The summed E-state index contributed by atoms with van der Waals surface area (Å²) in [5.74, 6) is 0.394. The fraction of sp³-hybridized carbons (Fsp3) is 0.308. The fourth-order valence-electron chi connectivity index (χ4n) is 4.13. The van der Waals surface area contributed by atoms with Gasteiger partial charge in [-0.2, -0.15) is 0 Å². The molecule has 1 unspecified atom stereocenters. The summed E-state index contributed by atoms with van der Waals surface area (Å²) in [6.45, 7) is 2.97. The number of nitrogens with zero attached hydrogens (tertiary/aromatic N) is 1. The van der Waals surface area contributed by atoms with Crippen molar-refractivity contribution in [2.24, 2.45) is 0 Å². The maximum Gasteiger partial charge on any atom is 0.118 e. The molecule has 1 atom stereocenters. The van der Waals surface area contributed by atoms with Crippen molar-refractivity contribution in [2.75, 3.05) is 19.6 Å². The van der Waals surface area contributed by atoms with E-state index in [-0.39, 0.29) is 12.2 Å². The van der Waals surface area contributed by atoms with E-state index in [4.69, 9.17) is 4.74 Å². The van der Waals surface area contributed by atoms with Crippen LogP contribution in [0.5, 0.6) is 5.75 Å². The number of ether oxygens (including phenoxy) is 1. The molecule has 4 rings (SSSR count). The lowest BCUT2D eigenvalue weighted by molar-refractivity contribution is -0.0330. The van der Waals surface area contributed by atoms with Crippen LogP contribution in [0.2, 0.25) is 0 Å². The zero-order valence-electron chi connectivity index (χ0n) is 16.8. The highest BCUT2D eigenvalue weighted by Crippen LogP contribution is 2.29. The van der Waals surface area contributed by atoms with Crippen LogP contribution in [0, 0.1) is 0 Å². The molecule has 0 aromatic heterocycles. The second kappa shape index (κ2) is 9.73. The number of phenolic OH excluding ortho intramolecular Hbond substituents is 1. The van der Waals surface area contributed by atoms with E-state index in [1.54, 1.807) is 6.07 Å². The van der Waals surface area contributed by atoms with Gasteiger partial charge in [-0.25, -0.2) is 0 Å². The molecule has 3 aromatic rings. The van der Waals surface area contributed by atoms with Crippen LogP contribution in [-0.2, 0) is 11.2 Å². The zero-order chi connectivity index (χ0) is 19.9. The Hall–Kier alpha value is -2.62. The lowest BCUT2D eigenvalue weighted by Crippen LogP contribution is -2.41. The van der Waals surface area contributed by atoms with Crippen LogP contribution in [0.1, 0.15) is 35.6 Å². The second-order valence-corrected chi connectivity index (χ2v) is 7.78. The van der Waals surface area contributed by atoms with Crippen LogP contribution in [0.3, 0.4) is 0 Å². The first-order valence-corrected chi connectivity index (χ1v) is 10.5. The first kappa shape index (κ1) is 19.7. The number of piperidine rings is 1. The second-order valence-electron chi connectivity index (χ2n) is 7.78. The summed E-state index contributed by atoms with van der Waals surface area (Å²) in [5, 5.41) is 10.0. The first-order chi connectivity index (χ1) is 14.3. The minimum Gasteiger partial charge on any atom is -0.508 e. The molecule has 0 radical (unpaired) electrons. The Balaban J connectivity index is 1.42. The van der Waals surface area contributed by atoms with Crippen LogP contribution in [0.4, 0.5) is 0 Å². The van der Waals surface area contributed by atoms with Crippen molar-refractivity contribution in [3.63, 3.8) is 0 Å². The van der Waals surface area contributed by atoms with Crippen molar-refractivity contribution in [3.8, 4) is 5.75 Å². The van der Waals surface area contributed by atoms with Gasteiger partial charge in [-0.1, -0.05) is 78.9 Å². The average Bonchev–Trinajstić information content (AvgIpc) is 2.78. The van der Waals surface area contributed by atoms with E-state index in [1.165, 1.54) is 11.1 Å². The standard InChI is InChI=1S/C26H29NO2/c28-25-16-8-7-10-21(25)17-19-27-18-9-15-24(20-27)29-26(22-11-3-1-4-12-22)23-13-5-2-6-14-23/h1-8,10-14,16,24,26,28H,9,15,17-20H2. The molecule has 1 heterocycles. The predicted octanol–water partition coefficient (Wildman–Crippen LogP) is 5.21. The molecule has 0 saturated carbocycles. The summed E-state index contributed by atoms with van der Waals surface area (Å²) < 4.78 is 6.68. The maximum atomic E-state index is 10.0. The minimum atomic E-state index is -0.0412. The Morgan fingerprint density at radius 1 is 0.862 bits per heavy atom. The quantitative estimate of drug-likeness (QED) is 0.604. The van der Waals surface area contributed by atoms with E-state index in [0.717, 1.165) is 44.5 Å². The van der Waals surface area contributed by atoms with Crippen LogP contribution in [0.15, 0.2) is 84.9 Å². The zero-order valence-corrected chi connectivity index (χ0v) is 16.8. The topological polar surface area (TPSA) is 32.7 Å². The van der Waals surface area contributed by atoms with Gasteiger partial charge in [-0.05, 0) is 48.6 Å². The molecular weight excluding hydrogens is 358 g/mol. The Labute approximate surface area is 173 Å². The third-order valence-electron chi connectivity index (χ3n) is 5.68. The van der Waals surface area contributed by atoms with Gasteiger partial charge >= 0.3 is 0 Å². The van der Waals surface area contributed by atoms with E-state index in [9.17, 15) is 5.11 Å². The third kappa shape index (κ3) is 5.26. The Kier molecular flexibility index (Phi) is 6.60. The number of rotatable bonds is 7. The summed E-state index contributed by atoms with van der Waals surface area (Å²) in [5.41, 5.74) is 3.41. The van der Waals surface area contributed by atoms with E-state index in [0.29, 0.717) is 5.75 Å². The summed E-state index contributed by atoms with van der Waals surface area (Å²) in [6, 6.07) is 28.6. The molecule has 3 nitrogen and oxygen atoms in total. The summed E-state index contributed by atoms with van der Waals surface area (Å²) in [6.07, 6.45) is 3.25. The summed E-state index contributed by atoms with van der Waals surface area (Å²) >= 11 is 0. The van der Waals surface area contributed by atoms with Gasteiger partial charge in [0.2, 0.25) is 0 Å². The highest BCUT2D eigenvalue weighted by Gasteiger charge is 2.25. The number of hydrogen-bond acceptors (Lipinski definition) is 3. The molecule has 3 aromatic carbocycles. The van der Waals surface area contributed by atoms with Gasteiger partial charge < -0.3 is 14.7 Å². The predicted molar refractivity (Wildman–Crippen MR) is 117 cm³/mol. The SMILES string of the molecule is Oc1ccccc1CCN1CCCC(OC(c2ccccc2)c2ccccc2)C1. The van der Waals surface area contributed by atoms with Crippen molar-refractivity contribution in [1.82, 2.24) is 4.90 Å². The lowest BCUT2D eigenvalue weighted by Gasteiger charge is -2.35. The number of benzene rings is 3. The van der Waals surface area contributed by atoms with Crippen LogP contribution < -0.4 is 0 Å². The molecule has 1 fully saturated rings. The molecule has 1 saturated heterocycles. The molecule has 1 N–H and O–H groups in total. The molecule has 150 valence electrons. The number of phenols is 1. The molecule has 29 heavy (non-hydrogen) atoms. The van der Waals surface area contributed by atoms with E-state index >= 15 is 0 Å². The van der Waals surface area contributed by atoms with E-state index < -0.39 is 0 Å². The molecule has 0 aliphatic carbocycles. The van der Waals surface area contributed by atoms with Gasteiger partial charge in [0.15, 0.2) is 0 Å². The largest absolute Gasteiger partial charge is 0.508 e.